The number of benzene rings is 2. The molecule has 0 radical (unpaired) electrons. The molecule has 0 aliphatic carbocycles. The summed E-state index contributed by atoms with van der Waals surface area (Å²) >= 11 is 9.94. The van der Waals surface area contributed by atoms with Crippen LogP contribution in [0.5, 0.6) is 0 Å². The lowest BCUT2D eigenvalue weighted by Crippen LogP contribution is -2.34. The number of hydrogen-bond acceptors (Lipinski definition) is 3. The van der Waals surface area contributed by atoms with Gasteiger partial charge in [-0.1, -0.05) is 60.1 Å². The van der Waals surface area contributed by atoms with Crippen molar-refractivity contribution in [1.82, 2.24) is 4.90 Å². The maximum atomic E-state index is 12.5. The Morgan fingerprint density at radius 2 is 1.88 bits per heavy atom. The van der Waals surface area contributed by atoms with Crippen LogP contribution in [0, 0.1) is 0 Å². The second-order valence-corrected chi connectivity index (χ2v) is 8.73. The van der Waals surface area contributed by atoms with Crippen LogP contribution in [-0.2, 0) is 10.5 Å². The fraction of sp³-hybridized carbons (Fsp3) is 0.350. The lowest BCUT2D eigenvalue weighted by atomic mass is 10.1. The summed E-state index contributed by atoms with van der Waals surface area (Å²) in [6, 6.07) is 18.4. The first-order valence-electron chi connectivity index (χ1n) is 8.49. The van der Waals surface area contributed by atoms with Crippen molar-refractivity contribution >= 4 is 41.0 Å². The summed E-state index contributed by atoms with van der Waals surface area (Å²) in [6.07, 6.45) is 0.962. The molecule has 0 saturated carbocycles. The predicted octanol–water partition coefficient (Wildman–Crippen LogP) is 5.28. The lowest BCUT2D eigenvalue weighted by Gasteiger charge is -2.20. The molecule has 0 spiro atoms. The summed E-state index contributed by atoms with van der Waals surface area (Å²) in [7, 11) is 0. The molecule has 1 atom stereocenters. The number of hydrogen-bond donors (Lipinski definition) is 0. The zero-order chi connectivity index (χ0) is 17.5. The summed E-state index contributed by atoms with van der Waals surface area (Å²) in [4.78, 5) is 14.5. The van der Waals surface area contributed by atoms with E-state index in [1.807, 2.05) is 53.1 Å². The summed E-state index contributed by atoms with van der Waals surface area (Å²) in [5.74, 6) is 2.65. The van der Waals surface area contributed by atoms with E-state index in [2.05, 4.69) is 18.2 Å². The van der Waals surface area contributed by atoms with Crippen LogP contribution in [0.25, 0.3) is 0 Å². The van der Waals surface area contributed by atoms with Crippen LogP contribution in [0.3, 0.4) is 0 Å². The van der Waals surface area contributed by atoms with Crippen LogP contribution in [0.2, 0.25) is 5.02 Å². The number of thioether (sulfide) groups is 2. The Balaban J connectivity index is 1.49. The summed E-state index contributed by atoms with van der Waals surface area (Å²) in [6.45, 7) is 1.64. The Bertz CT molecular complexity index is 695. The van der Waals surface area contributed by atoms with Crippen LogP contribution in [-0.4, -0.2) is 35.4 Å². The SMILES string of the molecule is O=C(CSCc1ccccc1)N1CCSC(c2ccccc2Cl)CC1. The highest BCUT2D eigenvalue weighted by atomic mass is 35.5. The number of nitrogens with zero attached hydrogens (tertiary/aromatic N) is 1. The minimum Gasteiger partial charge on any atom is -0.341 e. The molecule has 2 aromatic rings. The van der Waals surface area contributed by atoms with Gasteiger partial charge in [-0.05, 0) is 23.6 Å². The smallest absolute Gasteiger partial charge is 0.232 e. The second-order valence-electron chi connectivity index (χ2n) is 6.03. The molecule has 1 heterocycles. The third-order valence-corrected chi connectivity index (χ3v) is 6.93. The fourth-order valence-corrected chi connectivity index (χ4v) is 5.41. The highest BCUT2D eigenvalue weighted by molar-refractivity contribution is 7.99. The average Bonchev–Trinajstić information content (AvgIpc) is 2.89. The average molecular weight is 392 g/mol. The number of carbonyl (C=O) groups is 1. The van der Waals surface area contributed by atoms with Crippen molar-refractivity contribution in [2.75, 3.05) is 24.6 Å². The first-order valence-corrected chi connectivity index (χ1v) is 11.1. The van der Waals surface area contributed by atoms with Gasteiger partial charge in [0.05, 0.1) is 5.75 Å². The zero-order valence-corrected chi connectivity index (χ0v) is 16.5. The van der Waals surface area contributed by atoms with Crippen LogP contribution >= 0.6 is 35.1 Å². The fourth-order valence-electron chi connectivity index (χ4n) is 2.93. The zero-order valence-electron chi connectivity index (χ0n) is 14.1. The maximum Gasteiger partial charge on any atom is 0.232 e. The van der Waals surface area contributed by atoms with Crippen molar-refractivity contribution in [3.8, 4) is 0 Å². The molecule has 1 saturated heterocycles. The molecule has 1 amide bonds. The van der Waals surface area contributed by atoms with E-state index in [0.717, 1.165) is 36.0 Å². The number of carbonyl (C=O) groups excluding carboxylic acids is 1. The molecule has 25 heavy (non-hydrogen) atoms. The highest BCUT2D eigenvalue weighted by Crippen LogP contribution is 2.37. The molecule has 5 heteroatoms. The number of halogens is 1. The van der Waals surface area contributed by atoms with Gasteiger partial charge in [0.1, 0.15) is 0 Å². The molecule has 0 N–H and O–H groups in total. The maximum absolute atomic E-state index is 12.5. The minimum atomic E-state index is 0.251. The van der Waals surface area contributed by atoms with Gasteiger partial charge in [0.15, 0.2) is 0 Å². The first-order chi connectivity index (χ1) is 12.2. The lowest BCUT2D eigenvalue weighted by molar-refractivity contribution is -0.128. The molecule has 1 unspecified atom stereocenters. The number of rotatable bonds is 5. The van der Waals surface area contributed by atoms with E-state index < -0.39 is 0 Å². The van der Waals surface area contributed by atoms with Crippen molar-refractivity contribution in [3.05, 3.63) is 70.7 Å². The van der Waals surface area contributed by atoms with E-state index in [4.69, 9.17) is 11.6 Å². The van der Waals surface area contributed by atoms with Gasteiger partial charge in [-0.25, -0.2) is 0 Å². The van der Waals surface area contributed by atoms with E-state index in [9.17, 15) is 4.79 Å². The molecule has 3 rings (SSSR count). The van der Waals surface area contributed by atoms with Gasteiger partial charge < -0.3 is 4.90 Å². The minimum absolute atomic E-state index is 0.251. The van der Waals surface area contributed by atoms with Crippen molar-refractivity contribution in [3.63, 3.8) is 0 Å². The Labute approximate surface area is 163 Å². The molecule has 132 valence electrons. The van der Waals surface area contributed by atoms with Gasteiger partial charge >= 0.3 is 0 Å². The summed E-state index contributed by atoms with van der Waals surface area (Å²) in [5.41, 5.74) is 2.47. The molecule has 1 fully saturated rings. The van der Waals surface area contributed by atoms with Gasteiger partial charge in [-0.2, -0.15) is 11.8 Å². The van der Waals surface area contributed by atoms with Gasteiger partial charge in [-0.3, -0.25) is 4.79 Å². The Morgan fingerprint density at radius 1 is 1.12 bits per heavy atom. The third-order valence-electron chi connectivity index (χ3n) is 4.28. The van der Waals surface area contributed by atoms with Gasteiger partial charge in [-0.15, -0.1) is 11.8 Å². The molecule has 0 aromatic heterocycles. The van der Waals surface area contributed by atoms with E-state index >= 15 is 0 Å². The van der Waals surface area contributed by atoms with Crippen LogP contribution in [0.4, 0.5) is 0 Å². The van der Waals surface area contributed by atoms with Gasteiger partial charge in [0.2, 0.25) is 5.91 Å². The molecule has 2 nitrogen and oxygen atoms in total. The summed E-state index contributed by atoms with van der Waals surface area (Å²) < 4.78 is 0. The predicted molar refractivity (Wildman–Crippen MR) is 110 cm³/mol. The first kappa shape index (κ1) is 18.7. The Kier molecular flexibility index (Phi) is 7.14. The summed E-state index contributed by atoms with van der Waals surface area (Å²) in [5, 5.41) is 1.21. The Morgan fingerprint density at radius 3 is 2.68 bits per heavy atom. The quantitative estimate of drug-likeness (QED) is 0.691. The van der Waals surface area contributed by atoms with Gasteiger partial charge in [0.25, 0.3) is 0 Å². The van der Waals surface area contributed by atoms with Crippen molar-refractivity contribution in [1.29, 1.82) is 0 Å². The Hall–Kier alpha value is -1.10. The second kappa shape index (κ2) is 9.56. The number of amides is 1. The van der Waals surface area contributed by atoms with E-state index in [0.29, 0.717) is 11.0 Å². The van der Waals surface area contributed by atoms with Gasteiger partial charge in [0, 0.05) is 34.9 Å². The highest BCUT2D eigenvalue weighted by Gasteiger charge is 2.23. The van der Waals surface area contributed by atoms with E-state index in [-0.39, 0.29) is 5.91 Å². The van der Waals surface area contributed by atoms with Crippen molar-refractivity contribution < 1.29 is 4.79 Å². The third kappa shape index (κ3) is 5.44. The molecule has 2 aromatic carbocycles. The van der Waals surface area contributed by atoms with Crippen LogP contribution in [0.15, 0.2) is 54.6 Å². The van der Waals surface area contributed by atoms with Crippen LogP contribution < -0.4 is 0 Å². The molecular formula is C20H22ClNOS2. The monoisotopic (exact) mass is 391 g/mol. The van der Waals surface area contributed by atoms with Crippen molar-refractivity contribution in [2.24, 2.45) is 0 Å². The molecule has 1 aliphatic heterocycles. The standard InChI is InChI=1S/C20H22ClNOS2/c21-18-9-5-4-8-17(18)19-10-11-22(12-13-25-19)20(23)15-24-14-16-6-2-1-3-7-16/h1-9,19H,10-15H2. The van der Waals surface area contributed by atoms with E-state index in [1.54, 1.807) is 11.8 Å². The molecular weight excluding hydrogens is 370 g/mol. The van der Waals surface area contributed by atoms with E-state index in [1.165, 1.54) is 11.1 Å². The normalized spacial score (nSPS) is 18.0. The van der Waals surface area contributed by atoms with Crippen molar-refractivity contribution in [2.45, 2.75) is 17.4 Å². The largest absolute Gasteiger partial charge is 0.341 e. The molecule has 0 bridgehead atoms. The van der Waals surface area contributed by atoms with Crippen LogP contribution in [0.1, 0.15) is 22.8 Å². The molecule has 1 aliphatic rings. The topological polar surface area (TPSA) is 20.3 Å².